The van der Waals surface area contributed by atoms with Gasteiger partial charge in [-0.25, -0.2) is 4.98 Å². The fourth-order valence-electron chi connectivity index (χ4n) is 3.24. The molecule has 0 aliphatic heterocycles. The van der Waals surface area contributed by atoms with Crippen molar-refractivity contribution in [3.05, 3.63) is 27.4 Å². The molecule has 0 spiro atoms. The average Bonchev–Trinajstić information content (AvgIpc) is 2.38. The quantitative estimate of drug-likeness (QED) is 0.913. The lowest BCUT2D eigenvalue weighted by Gasteiger charge is -2.38. The highest BCUT2D eigenvalue weighted by Gasteiger charge is 2.39. The predicted molar refractivity (Wildman–Crippen MR) is 75.3 cm³/mol. The summed E-state index contributed by atoms with van der Waals surface area (Å²) < 4.78 is 5.79. The molecule has 1 heterocycles. The zero-order chi connectivity index (χ0) is 14.0. The molecule has 0 radical (unpaired) electrons. The Labute approximate surface area is 114 Å². The van der Waals surface area contributed by atoms with Crippen LogP contribution in [0.15, 0.2) is 4.79 Å². The summed E-state index contributed by atoms with van der Waals surface area (Å²) in [5.74, 6) is 1.31. The summed E-state index contributed by atoms with van der Waals surface area (Å²) in [4.78, 5) is 19.7. The van der Waals surface area contributed by atoms with Gasteiger partial charge in [-0.1, -0.05) is 20.3 Å². The van der Waals surface area contributed by atoms with Crippen molar-refractivity contribution >= 4 is 0 Å². The van der Waals surface area contributed by atoms with E-state index in [9.17, 15) is 4.79 Å². The van der Waals surface area contributed by atoms with Gasteiger partial charge in [0.05, 0.1) is 0 Å². The first-order chi connectivity index (χ1) is 9.02. The maximum Gasteiger partial charge on any atom is 0.254 e. The predicted octanol–water partition coefficient (Wildman–Crippen LogP) is 2.69. The first kappa shape index (κ1) is 14.3. The van der Waals surface area contributed by atoms with Gasteiger partial charge in [0, 0.05) is 18.4 Å². The highest BCUT2D eigenvalue weighted by molar-refractivity contribution is 5.19. The third-order valence-corrected chi connectivity index (χ3v) is 4.35. The molecule has 1 aromatic heterocycles. The lowest BCUT2D eigenvalue weighted by atomic mass is 9.78. The number of aromatic nitrogens is 2. The van der Waals surface area contributed by atoms with Gasteiger partial charge in [-0.2, -0.15) is 0 Å². The Kier molecular flexibility index (Phi) is 4.09. The number of nitrogens with one attached hydrogen (secondary N) is 1. The molecular formula is C15H24N2O2. The molecule has 2 unspecified atom stereocenters. The summed E-state index contributed by atoms with van der Waals surface area (Å²) in [5.41, 5.74) is 1.18. The molecular weight excluding hydrogens is 240 g/mol. The number of methoxy groups -OCH3 is 1. The van der Waals surface area contributed by atoms with Crippen LogP contribution >= 0.6 is 0 Å². The standard InChI is InChI=1S/C15H24N2O2/c1-5-12-11(3)16-14(17-13(12)18)15(19-4)8-6-7-10(2)9-15/h10H,5-9H2,1-4H3,(H,16,17,18). The summed E-state index contributed by atoms with van der Waals surface area (Å²) in [5, 5.41) is 0. The van der Waals surface area contributed by atoms with Gasteiger partial charge in [0.1, 0.15) is 11.4 Å². The molecule has 19 heavy (non-hydrogen) atoms. The van der Waals surface area contributed by atoms with E-state index in [1.54, 1.807) is 7.11 Å². The first-order valence-corrected chi connectivity index (χ1v) is 7.18. The largest absolute Gasteiger partial charge is 0.370 e. The summed E-state index contributed by atoms with van der Waals surface area (Å²) in [6, 6.07) is 0. The van der Waals surface area contributed by atoms with Crippen LogP contribution in [0.4, 0.5) is 0 Å². The summed E-state index contributed by atoms with van der Waals surface area (Å²) >= 11 is 0. The van der Waals surface area contributed by atoms with Gasteiger partial charge in [-0.15, -0.1) is 0 Å². The van der Waals surface area contributed by atoms with E-state index in [0.29, 0.717) is 18.2 Å². The van der Waals surface area contributed by atoms with E-state index in [1.165, 1.54) is 6.42 Å². The Balaban J connectivity index is 2.47. The third-order valence-electron chi connectivity index (χ3n) is 4.35. The Bertz CT molecular complexity index is 509. The zero-order valence-corrected chi connectivity index (χ0v) is 12.4. The maximum atomic E-state index is 12.1. The van der Waals surface area contributed by atoms with Crippen LogP contribution < -0.4 is 5.56 Å². The molecule has 2 atom stereocenters. The van der Waals surface area contributed by atoms with Gasteiger partial charge in [0.25, 0.3) is 5.56 Å². The second-order valence-electron chi connectivity index (χ2n) is 5.73. The minimum absolute atomic E-state index is 0.0142. The van der Waals surface area contributed by atoms with Crippen LogP contribution in [0.25, 0.3) is 0 Å². The molecule has 1 fully saturated rings. The highest BCUT2D eigenvalue weighted by Crippen LogP contribution is 2.40. The van der Waals surface area contributed by atoms with Crippen molar-refractivity contribution in [2.75, 3.05) is 7.11 Å². The molecule has 2 rings (SSSR count). The minimum Gasteiger partial charge on any atom is -0.370 e. The number of aryl methyl sites for hydroxylation is 1. The van der Waals surface area contributed by atoms with Crippen molar-refractivity contribution in [2.24, 2.45) is 5.92 Å². The average molecular weight is 264 g/mol. The van der Waals surface area contributed by atoms with Crippen LogP contribution in [-0.2, 0) is 16.8 Å². The summed E-state index contributed by atoms with van der Waals surface area (Å²) in [6.45, 7) is 6.12. The SMILES string of the molecule is CCc1c(C)nc(C2(OC)CCCC(C)C2)[nH]c1=O. The maximum absolute atomic E-state index is 12.1. The van der Waals surface area contributed by atoms with Gasteiger partial charge < -0.3 is 9.72 Å². The van der Waals surface area contributed by atoms with E-state index in [1.807, 2.05) is 13.8 Å². The molecule has 1 saturated carbocycles. The van der Waals surface area contributed by atoms with Gasteiger partial charge in [-0.3, -0.25) is 4.79 Å². The Hall–Kier alpha value is -1.16. The van der Waals surface area contributed by atoms with E-state index in [0.717, 1.165) is 30.5 Å². The van der Waals surface area contributed by atoms with Gasteiger partial charge >= 0.3 is 0 Å². The van der Waals surface area contributed by atoms with E-state index < -0.39 is 5.60 Å². The first-order valence-electron chi connectivity index (χ1n) is 7.18. The van der Waals surface area contributed by atoms with Crippen molar-refractivity contribution in [2.45, 2.75) is 58.5 Å². The van der Waals surface area contributed by atoms with Crippen molar-refractivity contribution < 1.29 is 4.74 Å². The lowest BCUT2D eigenvalue weighted by Crippen LogP contribution is -2.38. The van der Waals surface area contributed by atoms with Crippen molar-refractivity contribution in [3.8, 4) is 0 Å². The fraction of sp³-hybridized carbons (Fsp3) is 0.733. The molecule has 106 valence electrons. The summed E-state index contributed by atoms with van der Waals surface area (Å²) in [7, 11) is 1.72. The normalized spacial score (nSPS) is 27.5. The highest BCUT2D eigenvalue weighted by atomic mass is 16.5. The number of nitrogens with zero attached hydrogens (tertiary/aromatic N) is 1. The molecule has 1 aliphatic carbocycles. The molecule has 0 amide bonds. The second-order valence-corrected chi connectivity index (χ2v) is 5.73. The third kappa shape index (κ3) is 2.59. The van der Waals surface area contributed by atoms with Gasteiger partial charge in [0.15, 0.2) is 0 Å². The smallest absolute Gasteiger partial charge is 0.254 e. The Morgan fingerprint density at radius 3 is 2.79 bits per heavy atom. The number of hydrogen-bond donors (Lipinski definition) is 1. The Morgan fingerprint density at radius 2 is 2.26 bits per heavy atom. The molecule has 4 heteroatoms. The molecule has 1 aromatic rings. The summed E-state index contributed by atoms with van der Waals surface area (Å²) in [6.07, 6.45) is 4.92. The van der Waals surface area contributed by atoms with Crippen LogP contribution in [0.1, 0.15) is 56.6 Å². The van der Waals surface area contributed by atoms with Gasteiger partial charge in [0.2, 0.25) is 0 Å². The molecule has 0 aromatic carbocycles. The van der Waals surface area contributed by atoms with Crippen molar-refractivity contribution in [3.63, 3.8) is 0 Å². The van der Waals surface area contributed by atoms with Crippen LogP contribution in [0, 0.1) is 12.8 Å². The molecule has 1 aliphatic rings. The fourth-order valence-corrected chi connectivity index (χ4v) is 3.24. The van der Waals surface area contributed by atoms with Gasteiger partial charge in [-0.05, 0) is 38.5 Å². The Morgan fingerprint density at radius 1 is 1.53 bits per heavy atom. The zero-order valence-electron chi connectivity index (χ0n) is 12.4. The number of H-pyrrole nitrogens is 1. The minimum atomic E-state index is -0.409. The molecule has 0 saturated heterocycles. The molecule has 4 nitrogen and oxygen atoms in total. The molecule has 0 bridgehead atoms. The van der Waals surface area contributed by atoms with E-state index in [4.69, 9.17) is 4.74 Å². The number of ether oxygens (including phenoxy) is 1. The van der Waals surface area contributed by atoms with E-state index in [-0.39, 0.29) is 5.56 Å². The van der Waals surface area contributed by atoms with Crippen LogP contribution in [0.5, 0.6) is 0 Å². The monoisotopic (exact) mass is 264 g/mol. The number of hydrogen-bond acceptors (Lipinski definition) is 3. The lowest BCUT2D eigenvalue weighted by molar-refractivity contribution is -0.0649. The van der Waals surface area contributed by atoms with Crippen molar-refractivity contribution in [1.29, 1.82) is 0 Å². The van der Waals surface area contributed by atoms with E-state index >= 15 is 0 Å². The number of rotatable bonds is 3. The second kappa shape index (κ2) is 5.45. The van der Waals surface area contributed by atoms with Crippen LogP contribution in [0.3, 0.4) is 0 Å². The molecule has 1 N–H and O–H groups in total. The van der Waals surface area contributed by atoms with E-state index in [2.05, 4.69) is 16.9 Å². The number of aromatic amines is 1. The van der Waals surface area contributed by atoms with Crippen molar-refractivity contribution in [1.82, 2.24) is 9.97 Å². The van der Waals surface area contributed by atoms with Crippen LogP contribution in [0.2, 0.25) is 0 Å². The van der Waals surface area contributed by atoms with Crippen LogP contribution in [-0.4, -0.2) is 17.1 Å². The topological polar surface area (TPSA) is 55.0 Å².